The topological polar surface area (TPSA) is 41.6 Å². The molecule has 5 heteroatoms. The van der Waals surface area contributed by atoms with Crippen molar-refractivity contribution in [3.05, 3.63) is 60.2 Å². The molecule has 0 heterocycles. The van der Waals surface area contributed by atoms with Crippen LogP contribution < -0.4 is 10.2 Å². The maximum Gasteiger partial charge on any atom is 0.411 e. The molecule has 1 amide bonds. The summed E-state index contributed by atoms with van der Waals surface area (Å²) in [5.74, 6) is 0. The van der Waals surface area contributed by atoms with Crippen LogP contribution in [0.15, 0.2) is 54.6 Å². The van der Waals surface area contributed by atoms with Crippen LogP contribution in [-0.4, -0.2) is 17.6 Å². The van der Waals surface area contributed by atoms with Gasteiger partial charge in [0.2, 0.25) is 0 Å². The largest absolute Gasteiger partial charge is 0.444 e. The molecule has 2 aromatic rings. The van der Waals surface area contributed by atoms with Crippen LogP contribution in [0.25, 0.3) is 0 Å². The quantitative estimate of drug-likeness (QED) is 0.750. The maximum atomic E-state index is 12.0. The predicted octanol–water partition coefficient (Wildman–Crippen LogP) is 5.00. The summed E-state index contributed by atoms with van der Waals surface area (Å²) in [4.78, 5) is 14.9. The molecule has 0 radical (unpaired) electrons. The average molecular weight is 342 g/mol. The molecule has 0 saturated carbocycles. The van der Waals surface area contributed by atoms with Gasteiger partial charge >= 0.3 is 6.09 Å². The molecule has 0 aromatic heterocycles. The summed E-state index contributed by atoms with van der Waals surface area (Å²) >= 11 is 5.40. The van der Waals surface area contributed by atoms with E-state index in [4.69, 9.17) is 17.0 Å². The number of benzene rings is 2. The van der Waals surface area contributed by atoms with Gasteiger partial charge in [-0.1, -0.05) is 55.5 Å². The Hall–Kier alpha value is -2.40. The molecule has 0 saturated heterocycles. The Kier molecular flexibility index (Phi) is 6.75. The van der Waals surface area contributed by atoms with Crippen molar-refractivity contribution in [2.45, 2.75) is 26.9 Å². The normalized spacial score (nSPS) is 10.1. The van der Waals surface area contributed by atoms with Gasteiger partial charge in [0.25, 0.3) is 0 Å². The third kappa shape index (κ3) is 5.06. The zero-order valence-electron chi connectivity index (χ0n) is 14.0. The van der Waals surface area contributed by atoms with Crippen LogP contribution in [-0.2, 0) is 11.3 Å². The van der Waals surface area contributed by atoms with E-state index in [1.807, 2.05) is 61.5 Å². The number of carbonyl (C=O) groups excluding carboxylic acids is 1. The molecule has 0 aliphatic rings. The van der Waals surface area contributed by atoms with E-state index in [-0.39, 0.29) is 6.61 Å². The summed E-state index contributed by atoms with van der Waals surface area (Å²) in [6, 6.07) is 17.2. The molecular weight excluding hydrogens is 320 g/mol. The molecule has 0 fully saturated rings. The van der Waals surface area contributed by atoms with E-state index in [0.29, 0.717) is 5.69 Å². The fraction of sp³-hybridized carbons (Fsp3) is 0.263. The van der Waals surface area contributed by atoms with Crippen LogP contribution in [0.4, 0.5) is 16.2 Å². The van der Waals surface area contributed by atoms with Crippen LogP contribution in [0, 0.1) is 0 Å². The lowest BCUT2D eigenvalue weighted by Gasteiger charge is -2.23. The highest BCUT2D eigenvalue weighted by Gasteiger charge is 2.10. The molecule has 2 aromatic carbocycles. The van der Waals surface area contributed by atoms with Crippen molar-refractivity contribution in [1.82, 2.24) is 0 Å². The molecule has 24 heavy (non-hydrogen) atoms. The standard InChI is InChI=1S/C19H22N2O2S/c1-3-18(24)21(4-2)17-12-8-11-16(13-17)20-19(22)23-14-15-9-6-5-7-10-15/h5-13H,3-4,14H2,1-2H3,(H,20,22). The minimum atomic E-state index is -0.475. The zero-order valence-corrected chi connectivity index (χ0v) is 14.8. The van der Waals surface area contributed by atoms with Crippen LogP contribution in [0.2, 0.25) is 0 Å². The molecule has 2 rings (SSSR count). The minimum Gasteiger partial charge on any atom is -0.444 e. The summed E-state index contributed by atoms with van der Waals surface area (Å²) in [6.07, 6.45) is 0.331. The van der Waals surface area contributed by atoms with Crippen molar-refractivity contribution < 1.29 is 9.53 Å². The van der Waals surface area contributed by atoms with Gasteiger partial charge in [-0.25, -0.2) is 4.79 Å². The van der Waals surface area contributed by atoms with Crippen molar-refractivity contribution in [2.75, 3.05) is 16.8 Å². The van der Waals surface area contributed by atoms with Crippen molar-refractivity contribution >= 4 is 34.7 Å². The van der Waals surface area contributed by atoms with Gasteiger partial charge in [0.05, 0.1) is 4.99 Å². The summed E-state index contributed by atoms with van der Waals surface area (Å²) in [5, 5.41) is 2.76. The predicted molar refractivity (Wildman–Crippen MR) is 103 cm³/mol. The van der Waals surface area contributed by atoms with Crippen LogP contribution in [0.5, 0.6) is 0 Å². The number of anilines is 2. The molecule has 0 aliphatic heterocycles. The Morgan fingerprint density at radius 1 is 1.12 bits per heavy atom. The van der Waals surface area contributed by atoms with E-state index in [2.05, 4.69) is 17.1 Å². The lowest BCUT2D eigenvalue weighted by molar-refractivity contribution is 0.155. The Morgan fingerprint density at radius 3 is 2.54 bits per heavy atom. The Labute approximate surface area is 148 Å². The Morgan fingerprint density at radius 2 is 1.88 bits per heavy atom. The molecule has 0 spiro atoms. The number of thiocarbonyl (C=S) groups is 1. The first-order chi connectivity index (χ1) is 11.6. The van der Waals surface area contributed by atoms with E-state index >= 15 is 0 Å². The van der Waals surface area contributed by atoms with Crippen molar-refractivity contribution in [3.8, 4) is 0 Å². The van der Waals surface area contributed by atoms with Gasteiger partial charge in [0, 0.05) is 17.9 Å². The number of hydrogen-bond acceptors (Lipinski definition) is 3. The lowest BCUT2D eigenvalue weighted by atomic mass is 10.2. The van der Waals surface area contributed by atoms with Crippen molar-refractivity contribution in [2.24, 2.45) is 0 Å². The van der Waals surface area contributed by atoms with E-state index in [1.54, 1.807) is 0 Å². The minimum absolute atomic E-state index is 0.243. The number of amides is 1. The average Bonchev–Trinajstić information content (AvgIpc) is 2.61. The van der Waals surface area contributed by atoms with Gasteiger partial charge in [-0.2, -0.15) is 0 Å². The van der Waals surface area contributed by atoms with Crippen molar-refractivity contribution in [1.29, 1.82) is 0 Å². The first-order valence-electron chi connectivity index (χ1n) is 8.02. The first-order valence-corrected chi connectivity index (χ1v) is 8.43. The van der Waals surface area contributed by atoms with Gasteiger partial charge in [-0.15, -0.1) is 0 Å². The summed E-state index contributed by atoms with van der Waals surface area (Å²) in [6.45, 7) is 5.12. The second-order valence-electron chi connectivity index (χ2n) is 5.23. The Bertz CT molecular complexity index is 689. The summed E-state index contributed by atoms with van der Waals surface area (Å²) in [5.41, 5.74) is 2.60. The molecular formula is C19H22N2O2S. The van der Waals surface area contributed by atoms with Gasteiger partial charge in [-0.05, 0) is 37.1 Å². The van der Waals surface area contributed by atoms with E-state index in [1.165, 1.54) is 0 Å². The number of nitrogens with one attached hydrogen (secondary N) is 1. The van der Waals surface area contributed by atoms with Gasteiger partial charge in [-0.3, -0.25) is 5.32 Å². The second kappa shape index (κ2) is 9.03. The maximum absolute atomic E-state index is 12.0. The fourth-order valence-corrected chi connectivity index (χ4v) is 2.56. The number of rotatable bonds is 6. The van der Waals surface area contributed by atoms with E-state index in [9.17, 15) is 4.79 Å². The number of nitrogens with zero attached hydrogens (tertiary/aromatic N) is 1. The number of carbonyl (C=O) groups is 1. The molecule has 0 bridgehead atoms. The third-order valence-electron chi connectivity index (χ3n) is 3.54. The monoisotopic (exact) mass is 342 g/mol. The van der Waals surface area contributed by atoms with Crippen molar-refractivity contribution in [3.63, 3.8) is 0 Å². The summed E-state index contributed by atoms with van der Waals surface area (Å²) < 4.78 is 5.24. The zero-order chi connectivity index (χ0) is 17.4. The van der Waals surface area contributed by atoms with Gasteiger partial charge in [0.15, 0.2) is 0 Å². The van der Waals surface area contributed by atoms with Crippen LogP contribution in [0.1, 0.15) is 25.8 Å². The SMILES string of the molecule is CCC(=S)N(CC)c1cccc(NC(=O)OCc2ccccc2)c1. The molecule has 0 aliphatic carbocycles. The first kappa shape index (κ1) is 17.9. The fourth-order valence-electron chi connectivity index (χ4n) is 2.32. The van der Waals surface area contributed by atoms with Gasteiger partial charge < -0.3 is 9.64 Å². The van der Waals surface area contributed by atoms with E-state index < -0.39 is 6.09 Å². The number of ether oxygens (including phenoxy) is 1. The third-order valence-corrected chi connectivity index (χ3v) is 4.05. The molecule has 0 unspecified atom stereocenters. The van der Waals surface area contributed by atoms with Crippen LogP contribution in [0.3, 0.4) is 0 Å². The number of hydrogen-bond donors (Lipinski definition) is 1. The molecule has 1 N–H and O–H groups in total. The lowest BCUT2D eigenvalue weighted by Crippen LogP contribution is -2.28. The van der Waals surface area contributed by atoms with Crippen LogP contribution >= 0.6 is 12.2 Å². The molecule has 126 valence electrons. The second-order valence-corrected chi connectivity index (χ2v) is 5.70. The Balaban J connectivity index is 1.98. The molecule has 4 nitrogen and oxygen atoms in total. The summed E-state index contributed by atoms with van der Waals surface area (Å²) in [7, 11) is 0. The highest BCUT2D eigenvalue weighted by Crippen LogP contribution is 2.21. The smallest absolute Gasteiger partial charge is 0.411 e. The van der Waals surface area contributed by atoms with E-state index in [0.717, 1.165) is 29.2 Å². The highest BCUT2D eigenvalue weighted by molar-refractivity contribution is 7.80. The van der Waals surface area contributed by atoms with Gasteiger partial charge in [0.1, 0.15) is 6.61 Å². The molecule has 0 atom stereocenters. The highest BCUT2D eigenvalue weighted by atomic mass is 32.1.